The molecule has 5 heteroatoms. The summed E-state index contributed by atoms with van der Waals surface area (Å²) < 4.78 is 37.9. The molecule has 1 atom stereocenters. The topological polar surface area (TPSA) is 15.3 Å². The molecule has 1 aliphatic carbocycles. The molecule has 1 aliphatic heterocycles. The normalized spacial score (nSPS) is 22.9. The van der Waals surface area contributed by atoms with Crippen LogP contribution in [0.3, 0.4) is 0 Å². The van der Waals surface area contributed by atoms with Crippen LogP contribution < -0.4 is 5.32 Å². The van der Waals surface area contributed by atoms with E-state index in [9.17, 15) is 13.2 Å². The number of halogens is 3. The lowest BCUT2D eigenvalue weighted by Gasteiger charge is -2.32. The maximum absolute atomic E-state index is 12.6. The first-order valence-corrected chi connectivity index (χ1v) is 7.12. The van der Waals surface area contributed by atoms with Crippen molar-refractivity contribution in [3.63, 3.8) is 0 Å². The van der Waals surface area contributed by atoms with Gasteiger partial charge >= 0.3 is 6.18 Å². The summed E-state index contributed by atoms with van der Waals surface area (Å²) in [7, 11) is 0. The van der Waals surface area contributed by atoms with Gasteiger partial charge in [-0.2, -0.15) is 13.2 Å². The van der Waals surface area contributed by atoms with E-state index < -0.39 is 12.7 Å². The number of rotatable bonds is 4. The second-order valence-electron chi connectivity index (χ2n) is 5.83. The molecule has 1 heterocycles. The molecule has 1 aromatic rings. The molecule has 110 valence electrons. The van der Waals surface area contributed by atoms with Crippen LogP contribution in [0.15, 0.2) is 24.3 Å². The Labute approximate surface area is 117 Å². The van der Waals surface area contributed by atoms with Gasteiger partial charge in [-0.15, -0.1) is 0 Å². The van der Waals surface area contributed by atoms with E-state index in [0.717, 1.165) is 25.8 Å². The van der Waals surface area contributed by atoms with E-state index in [1.165, 1.54) is 11.1 Å². The molecule has 0 spiro atoms. The van der Waals surface area contributed by atoms with Crippen molar-refractivity contribution in [3.05, 3.63) is 35.4 Å². The van der Waals surface area contributed by atoms with Crippen LogP contribution in [-0.4, -0.2) is 36.2 Å². The van der Waals surface area contributed by atoms with Gasteiger partial charge in [0.25, 0.3) is 0 Å². The number of fused-ring (bicyclic) bond motifs is 1. The molecule has 2 aliphatic rings. The molecule has 0 amide bonds. The molecule has 20 heavy (non-hydrogen) atoms. The molecule has 1 saturated carbocycles. The summed E-state index contributed by atoms with van der Waals surface area (Å²) in [6.45, 7) is 0.460. The molecule has 1 N–H and O–H groups in total. The van der Waals surface area contributed by atoms with Gasteiger partial charge in [0.2, 0.25) is 0 Å². The Hall–Kier alpha value is -1.07. The average Bonchev–Trinajstić information content (AvgIpc) is 3.20. The molecule has 3 rings (SSSR count). The summed E-state index contributed by atoms with van der Waals surface area (Å²) in [5, 5.41) is 3.37. The summed E-state index contributed by atoms with van der Waals surface area (Å²) >= 11 is 0. The zero-order valence-electron chi connectivity index (χ0n) is 11.3. The quantitative estimate of drug-likeness (QED) is 0.914. The van der Waals surface area contributed by atoms with Crippen LogP contribution in [0.2, 0.25) is 0 Å². The second kappa shape index (κ2) is 5.37. The van der Waals surface area contributed by atoms with Crippen LogP contribution in [0.5, 0.6) is 0 Å². The highest BCUT2D eigenvalue weighted by atomic mass is 19.4. The van der Waals surface area contributed by atoms with Gasteiger partial charge in [-0.1, -0.05) is 24.3 Å². The zero-order valence-corrected chi connectivity index (χ0v) is 11.3. The van der Waals surface area contributed by atoms with Crippen molar-refractivity contribution in [1.82, 2.24) is 10.2 Å². The molecular formula is C15H19F3N2. The van der Waals surface area contributed by atoms with Crippen molar-refractivity contribution in [1.29, 1.82) is 0 Å². The molecule has 0 radical (unpaired) electrons. The van der Waals surface area contributed by atoms with E-state index in [4.69, 9.17) is 0 Å². The fraction of sp³-hybridized carbons (Fsp3) is 0.600. The summed E-state index contributed by atoms with van der Waals surface area (Å²) in [5.41, 5.74) is 2.52. The van der Waals surface area contributed by atoms with E-state index in [1.807, 2.05) is 12.1 Å². The van der Waals surface area contributed by atoms with Crippen molar-refractivity contribution in [3.8, 4) is 0 Å². The summed E-state index contributed by atoms with van der Waals surface area (Å²) in [6, 6.07) is 8.40. The van der Waals surface area contributed by atoms with E-state index in [-0.39, 0.29) is 12.1 Å². The lowest BCUT2D eigenvalue weighted by molar-refractivity contribution is -0.147. The highest BCUT2D eigenvalue weighted by Crippen LogP contribution is 2.30. The highest BCUT2D eigenvalue weighted by molar-refractivity contribution is 5.30. The molecule has 0 bridgehead atoms. The molecule has 1 aromatic carbocycles. The van der Waals surface area contributed by atoms with Gasteiger partial charge in [0.1, 0.15) is 0 Å². The van der Waals surface area contributed by atoms with Crippen LogP contribution in [0, 0.1) is 0 Å². The predicted octanol–water partition coefficient (Wildman–Crippen LogP) is 2.73. The van der Waals surface area contributed by atoms with Crippen LogP contribution in [0.1, 0.15) is 24.0 Å². The number of nitrogens with zero attached hydrogens (tertiary/aromatic N) is 1. The Balaban J connectivity index is 1.62. The maximum atomic E-state index is 12.6. The van der Waals surface area contributed by atoms with Gasteiger partial charge < -0.3 is 5.32 Å². The maximum Gasteiger partial charge on any atom is 0.401 e. The minimum Gasteiger partial charge on any atom is -0.308 e. The fourth-order valence-electron chi connectivity index (χ4n) is 2.95. The molecular weight excluding hydrogens is 265 g/mol. The molecule has 1 fully saturated rings. The number of hydrogen-bond donors (Lipinski definition) is 1. The molecule has 0 saturated heterocycles. The second-order valence-corrected chi connectivity index (χ2v) is 5.83. The minimum absolute atomic E-state index is 0.118. The van der Waals surface area contributed by atoms with Gasteiger partial charge in [0.05, 0.1) is 6.54 Å². The van der Waals surface area contributed by atoms with Crippen LogP contribution in [0.4, 0.5) is 13.2 Å². The average molecular weight is 284 g/mol. The Morgan fingerprint density at radius 1 is 1.15 bits per heavy atom. The van der Waals surface area contributed by atoms with Gasteiger partial charge in [0.15, 0.2) is 0 Å². The standard InChI is InChI=1S/C15H19F3N2/c16-15(17,18)10-20(14-5-6-14)9-13-7-11-3-1-2-4-12(11)8-19-13/h1-4,13-14,19H,5-10H2. The van der Waals surface area contributed by atoms with Crippen LogP contribution in [0.25, 0.3) is 0 Å². The summed E-state index contributed by atoms with van der Waals surface area (Å²) in [5.74, 6) is 0. The fourth-order valence-corrected chi connectivity index (χ4v) is 2.95. The van der Waals surface area contributed by atoms with Crippen LogP contribution in [-0.2, 0) is 13.0 Å². The van der Waals surface area contributed by atoms with Gasteiger partial charge in [0, 0.05) is 25.2 Å². The molecule has 2 nitrogen and oxygen atoms in total. The first kappa shape index (κ1) is 13.9. The van der Waals surface area contributed by atoms with E-state index in [2.05, 4.69) is 17.4 Å². The van der Waals surface area contributed by atoms with Crippen molar-refractivity contribution >= 4 is 0 Å². The first-order valence-electron chi connectivity index (χ1n) is 7.12. The monoisotopic (exact) mass is 284 g/mol. The van der Waals surface area contributed by atoms with Crippen molar-refractivity contribution in [2.24, 2.45) is 0 Å². The minimum atomic E-state index is -4.10. The van der Waals surface area contributed by atoms with Gasteiger partial charge in [-0.3, -0.25) is 4.90 Å². The van der Waals surface area contributed by atoms with E-state index >= 15 is 0 Å². The number of alkyl halides is 3. The lowest BCUT2D eigenvalue weighted by Crippen LogP contribution is -2.47. The van der Waals surface area contributed by atoms with E-state index in [0.29, 0.717) is 6.54 Å². The third-order valence-corrected chi connectivity index (χ3v) is 4.07. The number of benzene rings is 1. The van der Waals surface area contributed by atoms with Crippen molar-refractivity contribution in [2.75, 3.05) is 13.1 Å². The third-order valence-electron chi connectivity index (χ3n) is 4.07. The van der Waals surface area contributed by atoms with Gasteiger partial charge in [-0.05, 0) is 30.4 Å². The third kappa shape index (κ3) is 3.52. The Bertz CT molecular complexity index is 468. The first-order chi connectivity index (χ1) is 9.51. The van der Waals surface area contributed by atoms with Crippen molar-refractivity contribution < 1.29 is 13.2 Å². The zero-order chi connectivity index (χ0) is 14.2. The Kier molecular flexibility index (Phi) is 3.73. The highest BCUT2D eigenvalue weighted by Gasteiger charge is 2.39. The summed E-state index contributed by atoms with van der Waals surface area (Å²) in [6.07, 6.45) is -1.48. The SMILES string of the molecule is FC(F)(F)CN(CC1Cc2ccccc2CN1)C1CC1. The van der Waals surface area contributed by atoms with E-state index in [1.54, 1.807) is 4.90 Å². The Morgan fingerprint density at radius 2 is 1.85 bits per heavy atom. The summed E-state index contributed by atoms with van der Waals surface area (Å²) in [4.78, 5) is 1.60. The van der Waals surface area contributed by atoms with Gasteiger partial charge in [-0.25, -0.2) is 0 Å². The predicted molar refractivity (Wildman–Crippen MR) is 71.4 cm³/mol. The van der Waals surface area contributed by atoms with Crippen LogP contribution >= 0.6 is 0 Å². The van der Waals surface area contributed by atoms with Crippen molar-refractivity contribution in [2.45, 2.75) is 44.1 Å². The largest absolute Gasteiger partial charge is 0.401 e. The number of hydrogen-bond acceptors (Lipinski definition) is 2. The molecule has 1 unspecified atom stereocenters. The Morgan fingerprint density at radius 3 is 2.50 bits per heavy atom. The number of nitrogens with one attached hydrogen (secondary N) is 1. The smallest absolute Gasteiger partial charge is 0.308 e. The lowest BCUT2D eigenvalue weighted by atomic mass is 9.95. The molecule has 0 aromatic heterocycles.